The molecular formula is C13H10BBrF4N2. The first-order valence-electron chi connectivity index (χ1n) is 5.85. The first-order valence-corrected chi connectivity index (χ1v) is 6.64. The highest BCUT2D eigenvalue weighted by atomic mass is 79.9. The third kappa shape index (κ3) is 6.90. The number of halogens is 5. The van der Waals surface area contributed by atoms with Crippen LogP contribution in [0.25, 0.3) is 4.98 Å². The van der Waals surface area contributed by atoms with Crippen LogP contribution >= 0.6 is 15.9 Å². The van der Waals surface area contributed by atoms with Crippen molar-refractivity contribution in [2.75, 3.05) is 0 Å². The molecular weight excluding hydrogens is 351 g/mol. The zero-order valence-corrected chi connectivity index (χ0v) is 12.3. The highest BCUT2D eigenvalue weighted by Gasteiger charge is 2.20. The Labute approximate surface area is 127 Å². The van der Waals surface area contributed by atoms with E-state index in [2.05, 4.69) is 27.0 Å². The van der Waals surface area contributed by atoms with Crippen molar-refractivity contribution in [2.24, 2.45) is 0 Å². The van der Waals surface area contributed by atoms with Gasteiger partial charge in [-0.05, 0) is 11.6 Å². The lowest BCUT2D eigenvalue weighted by atomic mass is 10.0. The van der Waals surface area contributed by atoms with Crippen LogP contribution in [0.1, 0.15) is 11.1 Å². The fourth-order valence-corrected chi connectivity index (χ4v) is 2.03. The van der Waals surface area contributed by atoms with Gasteiger partial charge in [0.25, 0.3) is 0 Å². The van der Waals surface area contributed by atoms with Crippen molar-refractivity contribution < 1.29 is 17.3 Å². The Bertz CT molecular complexity index is 635. The minimum Gasteiger partial charge on any atom is -0.418 e. The molecule has 0 N–H and O–H groups in total. The molecule has 2 aromatic rings. The number of hydrogen-bond donors (Lipinski definition) is 0. The molecule has 0 aliphatic heterocycles. The summed E-state index contributed by atoms with van der Waals surface area (Å²) >= 11 is 3.51. The zero-order chi connectivity index (χ0) is 15.9. The van der Waals surface area contributed by atoms with Crippen LogP contribution in [-0.2, 0) is 6.42 Å². The van der Waals surface area contributed by atoms with Crippen molar-refractivity contribution in [2.45, 2.75) is 6.42 Å². The van der Waals surface area contributed by atoms with Gasteiger partial charge in [0.2, 0.25) is 5.39 Å². The molecule has 0 radical (unpaired) electrons. The smallest absolute Gasteiger partial charge is 0.418 e. The van der Waals surface area contributed by atoms with Gasteiger partial charge in [0.15, 0.2) is 4.98 Å². The summed E-state index contributed by atoms with van der Waals surface area (Å²) in [5.41, 5.74) is 2.81. The molecule has 0 aliphatic carbocycles. The van der Waals surface area contributed by atoms with Crippen LogP contribution in [0.15, 0.2) is 53.0 Å². The highest BCUT2D eigenvalue weighted by molar-refractivity contribution is 9.10. The topological polar surface area (TPSA) is 28.1 Å². The Balaban J connectivity index is 0.000000383. The summed E-state index contributed by atoms with van der Waals surface area (Å²) in [7, 11) is -6.00. The molecule has 0 spiro atoms. The fraction of sp³-hybridized carbons (Fsp3) is 0.0769. The molecule has 2 nitrogen and oxygen atoms in total. The lowest BCUT2D eigenvalue weighted by Gasteiger charge is -2.02. The Morgan fingerprint density at radius 3 is 1.90 bits per heavy atom. The lowest BCUT2D eigenvalue weighted by Crippen LogP contribution is -2.02. The average molecular weight is 361 g/mol. The summed E-state index contributed by atoms with van der Waals surface area (Å²) < 4.78 is 40.1. The first kappa shape index (κ1) is 17.2. The van der Waals surface area contributed by atoms with Gasteiger partial charge in [-0.1, -0.05) is 52.3 Å². The summed E-state index contributed by atoms with van der Waals surface area (Å²) in [5.74, 6) is 0. The summed E-state index contributed by atoms with van der Waals surface area (Å²) in [5, 5.41) is 8.88. The normalized spacial score (nSPS) is 10.3. The lowest BCUT2D eigenvalue weighted by molar-refractivity contribution is 0.368. The minimum atomic E-state index is -6.00. The van der Waals surface area contributed by atoms with Crippen LogP contribution in [-0.4, -0.2) is 7.25 Å². The number of hydrogen-bond acceptors (Lipinski definition) is 1. The van der Waals surface area contributed by atoms with Crippen LogP contribution in [0, 0.1) is 5.39 Å². The molecule has 0 fully saturated rings. The zero-order valence-electron chi connectivity index (χ0n) is 10.7. The summed E-state index contributed by atoms with van der Waals surface area (Å²) in [6, 6.07) is 15.6. The minimum absolute atomic E-state index is 0.623. The van der Waals surface area contributed by atoms with E-state index in [1.807, 2.05) is 36.4 Å². The predicted octanol–water partition coefficient (Wildman–Crippen LogP) is 5.82. The molecule has 0 unspecified atom stereocenters. The fourth-order valence-electron chi connectivity index (χ4n) is 1.60. The van der Waals surface area contributed by atoms with Gasteiger partial charge in [0.1, 0.15) is 0 Å². The summed E-state index contributed by atoms with van der Waals surface area (Å²) in [6.07, 6.45) is 0.752. The van der Waals surface area contributed by atoms with Crippen molar-refractivity contribution in [3.63, 3.8) is 0 Å². The molecule has 0 saturated heterocycles. The van der Waals surface area contributed by atoms with E-state index in [-0.39, 0.29) is 0 Å². The third-order valence-electron chi connectivity index (χ3n) is 2.44. The van der Waals surface area contributed by atoms with E-state index in [1.165, 1.54) is 5.56 Å². The van der Waals surface area contributed by atoms with Crippen molar-refractivity contribution in [3.8, 4) is 0 Å². The molecule has 2 rings (SSSR count). The molecule has 0 saturated carbocycles. The summed E-state index contributed by atoms with van der Waals surface area (Å²) in [6.45, 7) is 0. The molecule has 0 bridgehead atoms. The van der Waals surface area contributed by atoms with Crippen LogP contribution in [0.5, 0.6) is 0 Å². The van der Waals surface area contributed by atoms with Crippen LogP contribution < -0.4 is 0 Å². The van der Waals surface area contributed by atoms with E-state index >= 15 is 0 Å². The van der Waals surface area contributed by atoms with Gasteiger partial charge in [0, 0.05) is 17.0 Å². The Morgan fingerprint density at radius 1 is 0.905 bits per heavy atom. The predicted molar refractivity (Wildman–Crippen MR) is 78.3 cm³/mol. The van der Waals surface area contributed by atoms with E-state index in [1.54, 1.807) is 6.07 Å². The molecule has 8 heteroatoms. The van der Waals surface area contributed by atoms with Crippen molar-refractivity contribution in [3.05, 3.63) is 69.1 Å². The number of benzene rings is 2. The molecule has 21 heavy (non-hydrogen) atoms. The van der Waals surface area contributed by atoms with Gasteiger partial charge in [-0.3, -0.25) is 0 Å². The number of rotatable bonds is 2. The molecule has 0 heterocycles. The largest absolute Gasteiger partial charge is 0.673 e. The Kier molecular flexibility index (Phi) is 6.37. The molecule has 2 aromatic carbocycles. The van der Waals surface area contributed by atoms with Gasteiger partial charge < -0.3 is 17.3 Å². The number of diazo groups is 1. The second-order valence-electron chi connectivity index (χ2n) is 3.99. The second-order valence-corrected chi connectivity index (χ2v) is 4.85. The van der Waals surface area contributed by atoms with Crippen molar-refractivity contribution >= 4 is 28.9 Å². The van der Waals surface area contributed by atoms with Gasteiger partial charge >= 0.3 is 12.9 Å². The van der Waals surface area contributed by atoms with Gasteiger partial charge in [-0.2, -0.15) is 0 Å². The van der Waals surface area contributed by atoms with E-state index < -0.39 is 7.25 Å². The molecule has 0 atom stereocenters. The van der Waals surface area contributed by atoms with Gasteiger partial charge in [-0.25, -0.2) is 0 Å². The SMILES string of the molecule is F[B-](F)(F)F.N#[N+]c1ccccc1Cc1ccccc1Br. The second kappa shape index (κ2) is 7.79. The van der Waals surface area contributed by atoms with Crippen LogP contribution in [0.4, 0.5) is 23.0 Å². The Hall–Kier alpha value is -1.88. The van der Waals surface area contributed by atoms with Crippen molar-refractivity contribution in [1.29, 1.82) is 5.39 Å². The third-order valence-corrected chi connectivity index (χ3v) is 3.21. The van der Waals surface area contributed by atoms with E-state index in [0.29, 0.717) is 5.69 Å². The molecule has 0 aliphatic rings. The van der Waals surface area contributed by atoms with Crippen LogP contribution in [0.2, 0.25) is 0 Å². The van der Waals surface area contributed by atoms with Gasteiger partial charge in [-0.15, -0.1) is 0 Å². The van der Waals surface area contributed by atoms with Crippen LogP contribution in [0.3, 0.4) is 0 Å². The maximum absolute atomic E-state index is 9.75. The Morgan fingerprint density at radius 2 is 1.38 bits per heavy atom. The quantitative estimate of drug-likeness (QED) is 0.376. The van der Waals surface area contributed by atoms with E-state index in [0.717, 1.165) is 16.5 Å². The number of nitrogens with zero attached hydrogens (tertiary/aromatic N) is 2. The first-order chi connectivity index (χ1) is 9.81. The maximum Gasteiger partial charge on any atom is 0.673 e. The highest BCUT2D eigenvalue weighted by Crippen LogP contribution is 2.25. The standard InChI is InChI=1S/C13H10BrN2.BF4/c14-12-7-3-1-5-10(12)9-11-6-2-4-8-13(11)16-15;2-1(3,4)5/h1-8H,9H2;/q+1;-1. The van der Waals surface area contributed by atoms with E-state index in [4.69, 9.17) is 5.39 Å². The maximum atomic E-state index is 9.75. The molecule has 110 valence electrons. The monoisotopic (exact) mass is 360 g/mol. The molecule has 0 amide bonds. The van der Waals surface area contributed by atoms with Crippen molar-refractivity contribution in [1.82, 2.24) is 0 Å². The summed E-state index contributed by atoms with van der Waals surface area (Å²) in [4.78, 5) is 3.28. The molecule has 0 aromatic heterocycles. The van der Waals surface area contributed by atoms with E-state index in [9.17, 15) is 17.3 Å². The average Bonchev–Trinajstić information content (AvgIpc) is 2.40. The van der Waals surface area contributed by atoms with Gasteiger partial charge in [0.05, 0.1) is 5.56 Å².